The maximum atomic E-state index is 6.40. The molecule has 0 aliphatic rings. The summed E-state index contributed by atoms with van der Waals surface area (Å²) in [5, 5.41) is 0.745. The molecule has 1 nitrogen and oxygen atoms in total. The molecule has 2 heteroatoms. The van der Waals surface area contributed by atoms with Gasteiger partial charge in [-0.2, -0.15) is 0 Å². The van der Waals surface area contributed by atoms with Crippen molar-refractivity contribution in [3.05, 3.63) is 69.2 Å². The average molecular weight is 288 g/mol. The van der Waals surface area contributed by atoms with Gasteiger partial charge in [-0.25, -0.2) is 0 Å². The van der Waals surface area contributed by atoms with E-state index in [1.807, 2.05) is 19.1 Å². The van der Waals surface area contributed by atoms with E-state index < -0.39 is 0 Å². The Labute approximate surface area is 126 Å². The number of benzene rings is 2. The van der Waals surface area contributed by atoms with Gasteiger partial charge in [0.05, 0.1) is 6.04 Å². The molecular formula is C18H22ClN. The third kappa shape index (κ3) is 3.05. The maximum absolute atomic E-state index is 6.40. The molecule has 20 heavy (non-hydrogen) atoms. The van der Waals surface area contributed by atoms with Gasteiger partial charge in [0.25, 0.3) is 0 Å². The van der Waals surface area contributed by atoms with Crippen molar-refractivity contribution in [1.82, 2.24) is 0 Å². The van der Waals surface area contributed by atoms with Crippen LogP contribution in [0.1, 0.15) is 47.7 Å². The molecule has 0 radical (unpaired) electrons. The van der Waals surface area contributed by atoms with Gasteiger partial charge in [-0.15, -0.1) is 0 Å². The molecule has 0 aromatic heterocycles. The Bertz CT molecular complexity index is 604. The second-order valence-electron chi connectivity index (χ2n) is 5.24. The molecule has 0 amide bonds. The third-order valence-corrected chi connectivity index (χ3v) is 4.17. The number of hydrogen-bond acceptors (Lipinski definition) is 1. The Morgan fingerprint density at radius 3 is 2.30 bits per heavy atom. The first-order chi connectivity index (χ1) is 9.56. The molecule has 1 unspecified atom stereocenters. The number of hydrogen-bond donors (Lipinski definition) is 1. The molecule has 1 atom stereocenters. The maximum Gasteiger partial charge on any atom is 0.0566 e. The third-order valence-electron chi connectivity index (χ3n) is 3.84. The van der Waals surface area contributed by atoms with Gasteiger partial charge in [0.15, 0.2) is 0 Å². The largest absolute Gasteiger partial charge is 0.320 e. The standard InChI is InChI=1S/C18H22ClN/c1-4-13-7-8-15(11-14(13)5-2)18(20)16-9-6-12(3)10-17(16)19/h6-11,18H,4-5,20H2,1-3H3. The number of aryl methyl sites for hydroxylation is 3. The molecule has 0 saturated carbocycles. The summed E-state index contributed by atoms with van der Waals surface area (Å²) in [5.74, 6) is 0. The molecular weight excluding hydrogens is 266 g/mol. The van der Waals surface area contributed by atoms with Gasteiger partial charge in [0.1, 0.15) is 0 Å². The summed E-state index contributed by atoms with van der Waals surface area (Å²) in [4.78, 5) is 0. The van der Waals surface area contributed by atoms with E-state index in [1.165, 1.54) is 11.1 Å². The molecule has 0 fully saturated rings. The average Bonchev–Trinajstić information content (AvgIpc) is 2.45. The van der Waals surface area contributed by atoms with Crippen molar-refractivity contribution in [3.63, 3.8) is 0 Å². The highest BCUT2D eigenvalue weighted by Gasteiger charge is 2.13. The van der Waals surface area contributed by atoms with Gasteiger partial charge in [0, 0.05) is 5.02 Å². The Morgan fingerprint density at radius 2 is 1.70 bits per heavy atom. The van der Waals surface area contributed by atoms with E-state index >= 15 is 0 Å². The molecule has 2 N–H and O–H groups in total. The van der Waals surface area contributed by atoms with Crippen LogP contribution in [-0.2, 0) is 12.8 Å². The van der Waals surface area contributed by atoms with Gasteiger partial charge in [-0.05, 0) is 53.6 Å². The molecule has 0 spiro atoms. The van der Waals surface area contributed by atoms with Crippen molar-refractivity contribution in [2.45, 2.75) is 39.7 Å². The van der Waals surface area contributed by atoms with Crippen LogP contribution in [0.3, 0.4) is 0 Å². The molecule has 0 saturated heterocycles. The van der Waals surface area contributed by atoms with Crippen LogP contribution >= 0.6 is 11.6 Å². The SMILES string of the molecule is CCc1ccc(C(N)c2ccc(C)cc2Cl)cc1CC. The number of rotatable bonds is 4. The highest BCUT2D eigenvalue weighted by atomic mass is 35.5. The van der Waals surface area contributed by atoms with Crippen LogP contribution in [-0.4, -0.2) is 0 Å². The molecule has 2 aromatic carbocycles. The highest BCUT2D eigenvalue weighted by Crippen LogP contribution is 2.28. The van der Waals surface area contributed by atoms with Gasteiger partial charge < -0.3 is 5.73 Å². The molecule has 0 bridgehead atoms. The fourth-order valence-corrected chi connectivity index (χ4v) is 2.93. The second kappa shape index (κ2) is 6.43. The van der Waals surface area contributed by atoms with Gasteiger partial charge >= 0.3 is 0 Å². The summed E-state index contributed by atoms with van der Waals surface area (Å²) in [7, 11) is 0. The monoisotopic (exact) mass is 287 g/mol. The first-order valence-corrected chi connectivity index (χ1v) is 7.58. The zero-order valence-corrected chi connectivity index (χ0v) is 13.2. The van der Waals surface area contributed by atoms with Crippen LogP contribution in [0.25, 0.3) is 0 Å². The van der Waals surface area contributed by atoms with Crippen LogP contribution in [0.15, 0.2) is 36.4 Å². The van der Waals surface area contributed by atoms with Crippen molar-refractivity contribution >= 4 is 11.6 Å². The summed E-state index contributed by atoms with van der Waals surface area (Å²) >= 11 is 6.33. The first kappa shape index (κ1) is 15.1. The van der Waals surface area contributed by atoms with Crippen molar-refractivity contribution in [2.75, 3.05) is 0 Å². The first-order valence-electron chi connectivity index (χ1n) is 7.20. The van der Waals surface area contributed by atoms with Crippen LogP contribution in [0, 0.1) is 6.92 Å². The number of nitrogens with two attached hydrogens (primary N) is 1. The Hall–Kier alpha value is -1.31. The van der Waals surface area contributed by atoms with Gasteiger partial charge in [-0.3, -0.25) is 0 Å². The molecule has 0 aliphatic carbocycles. The van der Waals surface area contributed by atoms with Gasteiger partial charge in [-0.1, -0.05) is 55.8 Å². The van der Waals surface area contributed by atoms with E-state index in [4.69, 9.17) is 17.3 Å². The predicted octanol–water partition coefficient (Wildman–Crippen LogP) is 4.82. The summed E-state index contributed by atoms with van der Waals surface area (Å²) in [5.41, 5.74) is 12.5. The van der Waals surface area contributed by atoms with E-state index in [-0.39, 0.29) is 6.04 Å². The Morgan fingerprint density at radius 1 is 1.00 bits per heavy atom. The van der Waals surface area contributed by atoms with E-state index in [0.717, 1.165) is 34.6 Å². The molecule has 106 valence electrons. The smallest absolute Gasteiger partial charge is 0.0566 e. The topological polar surface area (TPSA) is 26.0 Å². The van der Waals surface area contributed by atoms with Crippen molar-refractivity contribution in [1.29, 1.82) is 0 Å². The lowest BCUT2D eigenvalue weighted by atomic mass is 9.93. The lowest BCUT2D eigenvalue weighted by Gasteiger charge is -2.17. The van der Waals surface area contributed by atoms with Crippen LogP contribution in [0.2, 0.25) is 5.02 Å². The summed E-state index contributed by atoms with van der Waals surface area (Å²) in [6.07, 6.45) is 2.09. The molecule has 0 heterocycles. The lowest BCUT2D eigenvalue weighted by molar-refractivity contribution is 0.863. The minimum Gasteiger partial charge on any atom is -0.320 e. The Kier molecular flexibility index (Phi) is 4.85. The van der Waals surface area contributed by atoms with Crippen molar-refractivity contribution in [3.8, 4) is 0 Å². The fraction of sp³-hybridized carbons (Fsp3) is 0.333. The van der Waals surface area contributed by atoms with E-state index in [2.05, 4.69) is 38.1 Å². The van der Waals surface area contributed by atoms with Crippen LogP contribution < -0.4 is 5.73 Å². The van der Waals surface area contributed by atoms with Gasteiger partial charge in [0.2, 0.25) is 0 Å². The highest BCUT2D eigenvalue weighted by molar-refractivity contribution is 6.31. The summed E-state index contributed by atoms with van der Waals surface area (Å²) in [6, 6.07) is 12.4. The second-order valence-corrected chi connectivity index (χ2v) is 5.65. The molecule has 2 rings (SSSR count). The zero-order chi connectivity index (χ0) is 14.7. The lowest BCUT2D eigenvalue weighted by Crippen LogP contribution is -2.13. The van der Waals surface area contributed by atoms with Crippen LogP contribution in [0.4, 0.5) is 0 Å². The minimum absolute atomic E-state index is 0.167. The zero-order valence-electron chi connectivity index (χ0n) is 12.4. The Balaban J connectivity index is 2.40. The summed E-state index contributed by atoms with van der Waals surface area (Å²) < 4.78 is 0. The van der Waals surface area contributed by atoms with Crippen LogP contribution in [0.5, 0.6) is 0 Å². The molecule has 0 aliphatic heterocycles. The minimum atomic E-state index is -0.167. The van der Waals surface area contributed by atoms with E-state index in [9.17, 15) is 0 Å². The summed E-state index contributed by atoms with van der Waals surface area (Å²) in [6.45, 7) is 6.40. The quantitative estimate of drug-likeness (QED) is 0.857. The fourth-order valence-electron chi connectivity index (χ4n) is 2.58. The van der Waals surface area contributed by atoms with E-state index in [1.54, 1.807) is 0 Å². The van der Waals surface area contributed by atoms with Crippen molar-refractivity contribution < 1.29 is 0 Å². The predicted molar refractivity (Wildman–Crippen MR) is 87.4 cm³/mol. The van der Waals surface area contributed by atoms with Crippen molar-refractivity contribution in [2.24, 2.45) is 5.73 Å². The molecule has 2 aromatic rings. The normalized spacial score (nSPS) is 12.4. The van der Waals surface area contributed by atoms with E-state index in [0.29, 0.717) is 0 Å². The number of halogens is 1.